The van der Waals surface area contributed by atoms with E-state index in [0.717, 1.165) is 0 Å². The summed E-state index contributed by atoms with van der Waals surface area (Å²) < 4.78 is 1.33. The van der Waals surface area contributed by atoms with E-state index in [4.69, 9.17) is 11.6 Å². The molecule has 0 amide bonds. The summed E-state index contributed by atoms with van der Waals surface area (Å²) in [5.41, 5.74) is -0.266. The second-order valence-corrected chi connectivity index (χ2v) is 6.48. The number of rotatable bonds is 5. The van der Waals surface area contributed by atoms with Crippen LogP contribution in [0.4, 0.5) is 5.82 Å². The molecule has 1 atom stereocenters. The third-order valence-corrected chi connectivity index (χ3v) is 4.79. The van der Waals surface area contributed by atoms with Crippen LogP contribution in [0, 0.1) is 0 Å². The molecule has 2 rings (SSSR count). The highest BCUT2D eigenvalue weighted by atomic mass is 35.5. The van der Waals surface area contributed by atoms with Gasteiger partial charge in [-0.2, -0.15) is 0 Å². The van der Waals surface area contributed by atoms with Crippen molar-refractivity contribution in [1.82, 2.24) is 9.55 Å². The van der Waals surface area contributed by atoms with Crippen LogP contribution in [0.1, 0.15) is 58.7 Å². The molecule has 1 aliphatic heterocycles. The Morgan fingerprint density at radius 1 is 1.50 bits per heavy atom. The molecule has 22 heavy (non-hydrogen) atoms. The van der Waals surface area contributed by atoms with Gasteiger partial charge in [-0.15, -0.1) is 0 Å². The third kappa shape index (κ3) is 2.49. The minimum atomic E-state index is -1.01. The highest BCUT2D eigenvalue weighted by molar-refractivity contribution is 6.30. The first-order valence-electron chi connectivity index (χ1n) is 7.59. The molecule has 0 saturated heterocycles. The van der Waals surface area contributed by atoms with Crippen LogP contribution in [0.5, 0.6) is 0 Å². The number of carboxylic acids is 1. The summed E-state index contributed by atoms with van der Waals surface area (Å²) in [6, 6.07) is -0.891. The molecule has 7 heteroatoms. The van der Waals surface area contributed by atoms with Gasteiger partial charge in [-0.05, 0) is 33.1 Å². The topological polar surface area (TPSA) is 84.2 Å². The summed E-state index contributed by atoms with van der Waals surface area (Å²) in [6.45, 7) is 7.73. The smallest absolute Gasteiger partial charge is 0.326 e. The maximum Gasteiger partial charge on any atom is 0.326 e. The largest absolute Gasteiger partial charge is 0.480 e. The SMILES string of the molecule is CCC1(CC)C[C@@H](C(=O)O)n2c1c(Cl)nc(NC(C)C)c2=O. The van der Waals surface area contributed by atoms with Gasteiger partial charge in [0.1, 0.15) is 6.04 Å². The molecule has 0 unspecified atom stereocenters. The first-order valence-corrected chi connectivity index (χ1v) is 7.97. The molecule has 1 aromatic rings. The average molecular weight is 328 g/mol. The maximum atomic E-state index is 12.7. The van der Waals surface area contributed by atoms with E-state index >= 15 is 0 Å². The number of carboxylic acid groups (broad SMARTS) is 1. The fraction of sp³-hybridized carbons (Fsp3) is 0.667. The Morgan fingerprint density at radius 2 is 2.09 bits per heavy atom. The van der Waals surface area contributed by atoms with Crippen LogP contribution in [-0.2, 0) is 10.2 Å². The van der Waals surface area contributed by atoms with Gasteiger partial charge < -0.3 is 10.4 Å². The van der Waals surface area contributed by atoms with Crippen molar-refractivity contribution in [3.63, 3.8) is 0 Å². The Labute approximate surface area is 134 Å². The standard InChI is InChI=1S/C15H22ClN3O3/c1-5-15(6-2)7-9(14(21)22)19-10(15)11(16)18-12(13(19)20)17-8(3)4/h8-9H,5-7H2,1-4H3,(H,17,18)(H,21,22)/t9-/m0/s1. The van der Waals surface area contributed by atoms with Gasteiger partial charge in [-0.1, -0.05) is 25.4 Å². The normalized spacial score (nSPS) is 19.3. The van der Waals surface area contributed by atoms with Gasteiger partial charge >= 0.3 is 5.97 Å². The van der Waals surface area contributed by atoms with E-state index in [1.165, 1.54) is 4.57 Å². The predicted molar refractivity (Wildman–Crippen MR) is 85.8 cm³/mol. The molecule has 0 spiro atoms. The first-order chi connectivity index (χ1) is 10.3. The first kappa shape index (κ1) is 16.8. The van der Waals surface area contributed by atoms with Gasteiger partial charge in [0.05, 0.1) is 5.69 Å². The Morgan fingerprint density at radius 3 is 2.55 bits per heavy atom. The summed E-state index contributed by atoms with van der Waals surface area (Å²) in [5.74, 6) is -0.900. The van der Waals surface area contributed by atoms with Crippen LogP contribution < -0.4 is 10.9 Å². The van der Waals surface area contributed by atoms with Gasteiger partial charge in [-0.25, -0.2) is 9.78 Å². The van der Waals surface area contributed by atoms with Gasteiger partial charge in [0.25, 0.3) is 5.56 Å². The molecule has 122 valence electrons. The molecule has 0 radical (unpaired) electrons. The molecule has 0 fully saturated rings. The van der Waals surface area contributed by atoms with Crippen molar-refractivity contribution in [2.45, 2.75) is 64.5 Å². The Kier molecular flexibility index (Phi) is 4.52. The maximum absolute atomic E-state index is 12.7. The number of hydrogen-bond acceptors (Lipinski definition) is 4. The number of halogens is 1. The van der Waals surface area contributed by atoms with Crippen LogP contribution in [-0.4, -0.2) is 26.7 Å². The van der Waals surface area contributed by atoms with E-state index in [9.17, 15) is 14.7 Å². The number of anilines is 1. The summed E-state index contributed by atoms with van der Waals surface area (Å²) in [7, 11) is 0. The van der Waals surface area contributed by atoms with E-state index in [0.29, 0.717) is 25.0 Å². The zero-order valence-corrected chi connectivity index (χ0v) is 14.1. The number of aliphatic carboxylic acids is 1. The van der Waals surface area contributed by atoms with Crippen LogP contribution >= 0.6 is 11.6 Å². The number of nitrogens with zero attached hydrogens (tertiary/aromatic N) is 2. The van der Waals surface area contributed by atoms with Crippen molar-refractivity contribution in [3.05, 3.63) is 21.2 Å². The number of carbonyl (C=O) groups is 1. The van der Waals surface area contributed by atoms with E-state index in [1.54, 1.807) is 0 Å². The predicted octanol–water partition coefficient (Wildman–Crippen LogP) is 2.80. The van der Waals surface area contributed by atoms with Crippen molar-refractivity contribution in [2.75, 3.05) is 5.32 Å². The van der Waals surface area contributed by atoms with Gasteiger partial charge in [0, 0.05) is 11.5 Å². The molecule has 0 aromatic carbocycles. The molecule has 6 nitrogen and oxygen atoms in total. The monoisotopic (exact) mass is 327 g/mol. The quantitative estimate of drug-likeness (QED) is 0.868. The highest BCUT2D eigenvalue weighted by Crippen LogP contribution is 2.47. The highest BCUT2D eigenvalue weighted by Gasteiger charge is 2.47. The van der Waals surface area contributed by atoms with Crippen molar-refractivity contribution >= 4 is 23.4 Å². The molecule has 1 aromatic heterocycles. The average Bonchev–Trinajstić information content (AvgIpc) is 2.80. The summed E-state index contributed by atoms with van der Waals surface area (Å²) in [6.07, 6.45) is 1.80. The van der Waals surface area contributed by atoms with E-state index in [2.05, 4.69) is 10.3 Å². The lowest BCUT2D eigenvalue weighted by molar-refractivity contribution is -0.141. The number of hydrogen-bond donors (Lipinski definition) is 2. The Hall–Kier alpha value is -1.56. The molecule has 0 aliphatic carbocycles. The zero-order valence-electron chi connectivity index (χ0n) is 13.3. The second-order valence-electron chi connectivity index (χ2n) is 6.12. The summed E-state index contributed by atoms with van der Waals surface area (Å²) >= 11 is 6.34. The van der Waals surface area contributed by atoms with Gasteiger partial charge in [0.15, 0.2) is 11.0 Å². The summed E-state index contributed by atoms with van der Waals surface area (Å²) in [5, 5.41) is 12.7. The lowest BCUT2D eigenvalue weighted by Crippen LogP contribution is -2.32. The fourth-order valence-corrected chi connectivity index (χ4v) is 3.66. The van der Waals surface area contributed by atoms with Crippen LogP contribution in [0.25, 0.3) is 0 Å². The molecule has 1 aliphatic rings. The molecule has 2 heterocycles. The Bertz CT molecular complexity index is 650. The number of fused-ring (bicyclic) bond motifs is 1. The number of aromatic nitrogens is 2. The number of nitrogens with one attached hydrogen (secondary N) is 1. The van der Waals surface area contributed by atoms with Crippen LogP contribution in [0.2, 0.25) is 5.15 Å². The zero-order chi connectivity index (χ0) is 16.7. The fourth-order valence-electron chi connectivity index (χ4n) is 3.28. The van der Waals surface area contributed by atoms with Crippen molar-refractivity contribution < 1.29 is 9.90 Å². The van der Waals surface area contributed by atoms with Crippen LogP contribution in [0.3, 0.4) is 0 Å². The van der Waals surface area contributed by atoms with Crippen molar-refractivity contribution in [1.29, 1.82) is 0 Å². The summed E-state index contributed by atoms with van der Waals surface area (Å²) in [4.78, 5) is 28.5. The third-order valence-electron chi connectivity index (χ3n) is 4.53. The van der Waals surface area contributed by atoms with E-state index < -0.39 is 23.0 Å². The van der Waals surface area contributed by atoms with Crippen molar-refractivity contribution in [3.8, 4) is 0 Å². The second kappa shape index (κ2) is 5.91. The Balaban J connectivity index is 2.75. The molecular formula is C15H22ClN3O3. The van der Waals surface area contributed by atoms with Gasteiger partial charge in [0.2, 0.25) is 0 Å². The molecule has 0 saturated carbocycles. The minimum absolute atomic E-state index is 0.00158. The molecular weight excluding hydrogens is 306 g/mol. The minimum Gasteiger partial charge on any atom is -0.480 e. The van der Waals surface area contributed by atoms with E-state index in [1.807, 2.05) is 27.7 Å². The van der Waals surface area contributed by atoms with E-state index in [-0.39, 0.29) is 17.0 Å². The lowest BCUT2D eigenvalue weighted by atomic mass is 9.77. The molecule has 2 N–H and O–H groups in total. The van der Waals surface area contributed by atoms with Crippen molar-refractivity contribution in [2.24, 2.45) is 0 Å². The van der Waals surface area contributed by atoms with Gasteiger partial charge in [-0.3, -0.25) is 9.36 Å². The van der Waals surface area contributed by atoms with Crippen LogP contribution in [0.15, 0.2) is 4.79 Å². The lowest BCUT2D eigenvalue weighted by Gasteiger charge is -2.26. The molecule has 0 bridgehead atoms.